The zero-order valence-corrected chi connectivity index (χ0v) is 20.3. The van der Waals surface area contributed by atoms with E-state index in [4.69, 9.17) is 18.9 Å². The van der Waals surface area contributed by atoms with Gasteiger partial charge in [-0.15, -0.1) is 0 Å². The van der Waals surface area contributed by atoms with Gasteiger partial charge in [-0.25, -0.2) is 0 Å². The summed E-state index contributed by atoms with van der Waals surface area (Å²) < 4.78 is 21.5. The Kier molecular flexibility index (Phi) is 6.82. The lowest BCUT2D eigenvalue weighted by Gasteiger charge is -2.40. The van der Waals surface area contributed by atoms with Gasteiger partial charge in [-0.05, 0) is 47.5 Å². The first-order valence-electron chi connectivity index (χ1n) is 11.0. The number of ether oxygens (including phenoxy) is 4. The molecule has 1 aliphatic heterocycles. The van der Waals surface area contributed by atoms with Gasteiger partial charge in [0, 0.05) is 24.4 Å². The first kappa shape index (κ1) is 23.9. The van der Waals surface area contributed by atoms with Gasteiger partial charge >= 0.3 is 0 Å². The standard InChI is InChI=1S/C27H28N2O6/c1-29-25(16-9-11-18(32-2)12-10-16)24(26(30)28-17-7-6-8-19(13-17)33-3)20-14-22(34-4)23(35-5)15-21(20)27(29)31/h6-15,24-25H,1-5H3,(H,28,30)/t24-,25-/m0/s1. The third-order valence-corrected chi connectivity index (χ3v) is 6.25. The third kappa shape index (κ3) is 4.47. The minimum Gasteiger partial charge on any atom is -0.497 e. The molecule has 0 radical (unpaired) electrons. The summed E-state index contributed by atoms with van der Waals surface area (Å²) in [7, 11) is 7.88. The molecule has 0 aromatic heterocycles. The van der Waals surface area contributed by atoms with Crippen molar-refractivity contribution in [3.05, 3.63) is 77.4 Å². The zero-order chi connectivity index (χ0) is 25.1. The highest BCUT2D eigenvalue weighted by atomic mass is 16.5. The number of rotatable bonds is 7. The number of methoxy groups -OCH3 is 4. The molecule has 2 atom stereocenters. The number of hydrogen-bond donors (Lipinski definition) is 1. The predicted molar refractivity (Wildman–Crippen MR) is 132 cm³/mol. The predicted octanol–water partition coefficient (Wildman–Crippen LogP) is 4.27. The first-order valence-corrected chi connectivity index (χ1v) is 11.0. The normalized spacial score (nSPS) is 16.8. The van der Waals surface area contributed by atoms with Crippen molar-refractivity contribution in [3.8, 4) is 23.0 Å². The van der Waals surface area contributed by atoms with E-state index in [0.29, 0.717) is 39.8 Å². The summed E-state index contributed by atoms with van der Waals surface area (Å²) in [6, 6.07) is 17.3. The Hall–Kier alpha value is -4.20. The van der Waals surface area contributed by atoms with Crippen LogP contribution in [0.25, 0.3) is 0 Å². The van der Waals surface area contributed by atoms with E-state index in [9.17, 15) is 9.59 Å². The van der Waals surface area contributed by atoms with Crippen LogP contribution in [-0.2, 0) is 4.79 Å². The number of likely N-dealkylation sites (N-methyl/N-ethyl adjacent to an activating group) is 1. The van der Waals surface area contributed by atoms with Crippen molar-refractivity contribution in [3.63, 3.8) is 0 Å². The maximum atomic E-state index is 13.9. The molecule has 1 aliphatic rings. The number of nitrogens with zero attached hydrogens (tertiary/aromatic N) is 1. The van der Waals surface area contributed by atoms with Crippen molar-refractivity contribution >= 4 is 17.5 Å². The van der Waals surface area contributed by atoms with Crippen molar-refractivity contribution in [2.75, 3.05) is 40.8 Å². The van der Waals surface area contributed by atoms with Crippen molar-refractivity contribution in [2.45, 2.75) is 12.0 Å². The fourth-order valence-corrected chi connectivity index (χ4v) is 4.47. The SMILES string of the molecule is COc1ccc([C@H]2[C@@H](C(=O)Nc3cccc(OC)c3)c3cc(OC)c(OC)cc3C(=O)N2C)cc1. The summed E-state index contributed by atoms with van der Waals surface area (Å²) in [6.07, 6.45) is 0. The molecule has 0 spiro atoms. The number of carbonyl (C=O) groups is 2. The minimum absolute atomic E-state index is 0.216. The summed E-state index contributed by atoms with van der Waals surface area (Å²) in [4.78, 5) is 28.9. The molecule has 0 saturated carbocycles. The Morgan fingerprint density at radius 2 is 1.49 bits per heavy atom. The largest absolute Gasteiger partial charge is 0.497 e. The maximum Gasteiger partial charge on any atom is 0.254 e. The molecular weight excluding hydrogens is 448 g/mol. The summed E-state index contributed by atoms with van der Waals surface area (Å²) in [5.74, 6) is 0.949. The van der Waals surface area contributed by atoms with E-state index < -0.39 is 12.0 Å². The number of fused-ring (bicyclic) bond motifs is 1. The molecule has 35 heavy (non-hydrogen) atoms. The van der Waals surface area contributed by atoms with Crippen LogP contribution in [0.5, 0.6) is 23.0 Å². The van der Waals surface area contributed by atoms with Crippen LogP contribution in [0.15, 0.2) is 60.7 Å². The van der Waals surface area contributed by atoms with E-state index in [1.165, 1.54) is 14.2 Å². The lowest BCUT2D eigenvalue weighted by molar-refractivity contribution is -0.119. The second kappa shape index (κ2) is 9.97. The van der Waals surface area contributed by atoms with Gasteiger partial charge in [0.1, 0.15) is 11.5 Å². The van der Waals surface area contributed by atoms with Crippen LogP contribution in [0.4, 0.5) is 5.69 Å². The fraction of sp³-hybridized carbons (Fsp3) is 0.259. The summed E-state index contributed by atoms with van der Waals surface area (Å²) in [6.45, 7) is 0. The quantitative estimate of drug-likeness (QED) is 0.548. The molecule has 0 unspecified atom stereocenters. The van der Waals surface area contributed by atoms with Gasteiger partial charge in [-0.3, -0.25) is 9.59 Å². The Balaban J connectivity index is 1.86. The summed E-state index contributed by atoms with van der Waals surface area (Å²) in [5, 5.41) is 3.00. The van der Waals surface area contributed by atoms with E-state index in [-0.39, 0.29) is 11.8 Å². The second-order valence-corrected chi connectivity index (χ2v) is 8.13. The Morgan fingerprint density at radius 1 is 0.829 bits per heavy atom. The van der Waals surface area contributed by atoms with Crippen molar-refractivity contribution in [1.82, 2.24) is 4.90 Å². The van der Waals surface area contributed by atoms with Gasteiger partial charge < -0.3 is 29.2 Å². The lowest BCUT2D eigenvalue weighted by atomic mass is 9.79. The maximum absolute atomic E-state index is 13.9. The summed E-state index contributed by atoms with van der Waals surface area (Å²) in [5.41, 5.74) is 2.34. The number of benzene rings is 3. The van der Waals surface area contributed by atoms with Gasteiger partial charge in [0.15, 0.2) is 11.5 Å². The molecule has 0 saturated heterocycles. The number of amides is 2. The molecule has 8 nitrogen and oxygen atoms in total. The average molecular weight is 477 g/mol. The van der Waals surface area contributed by atoms with E-state index in [1.54, 1.807) is 62.6 Å². The highest BCUT2D eigenvalue weighted by molar-refractivity contribution is 6.05. The molecule has 8 heteroatoms. The molecule has 0 aliphatic carbocycles. The first-order chi connectivity index (χ1) is 16.9. The fourth-order valence-electron chi connectivity index (χ4n) is 4.47. The van der Waals surface area contributed by atoms with Crippen molar-refractivity contribution < 1.29 is 28.5 Å². The van der Waals surface area contributed by atoms with Gasteiger partial charge in [-0.1, -0.05) is 18.2 Å². The monoisotopic (exact) mass is 476 g/mol. The van der Waals surface area contributed by atoms with Crippen LogP contribution in [0.1, 0.15) is 33.4 Å². The van der Waals surface area contributed by atoms with Crippen LogP contribution in [0.3, 0.4) is 0 Å². The molecular formula is C27H28N2O6. The zero-order valence-electron chi connectivity index (χ0n) is 20.3. The van der Waals surface area contributed by atoms with Crippen LogP contribution in [-0.4, -0.2) is 52.2 Å². The highest BCUT2D eigenvalue weighted by Gasteiger charge is 2.43. The lowest BCUT2D eigenvalue weighted by Crippen LogP contribution is -2.44. The molecule has 3 aromatic carbocycles. The molecule has 0 fully saturated rings. The second-order valence-electron chi connectivity index (χ2n) is 8.13. The number of nitrogens with one attached hydrogen (secondary N) is 1. The molecule has 4 rings (SSSR count). The van der Waals surface area contributed by atoms with Crippen LogP contribution in [0.2, 0.25) is 0 Å². The molecule has 182 valence electrons. The molecule has 3 aromatic rings. The smallest absolute Gasteiger partial charge is 0.254 e. The van der Waals surface area contributed by atoms with Gasteiger partial charge in [0.05, 0.1) is 40.4 Å². The van der Waals surface area contributed by atoms with Gasteiger partial charge in [0.25, 0.3) is 5.91 Å². The van der Waals surface area contributed by atoms with Crippen molar-refractivity contribution in [1.29, 1.82) is 0 Å². The van der Waals surface area contributed by atoms with Crippen LogP contribution < -0.4 is 24.3 Å². The number of hydrogen-bond acceptors (Lipinski definition) is 6. The molecule has 1 heterocycles. The van der Waals surface area contributed by atoms with Crippen LogP contribution in [0, 0.1) is 0 Å². The van der Waals surface area contributed by atoms with Crippen molar-refractivity contribution in [2.24, 2.45) is 0 Å². The number of anilines is 1. The number of carbonyl (C=O) groups excluding carboxylic acids is 2. The van der Waals surface area contributed by atoms with E-state index in [1.807, 2.05) is 24.3 Å². The van der Waals surface area contributed by atoms with E-state index in [0.717, 1.165) is 5.56 Å². The Bertz CT molecular complexity index is 1240. The van der Waals surface area contributed by atoms with Gasteiger partial charge in [-0.2, -0.15) is 0 Å². The minimum atomic E-state index is -0.730. The summed E-state index contributed by atoms with van der Waals surface area (Å²) >= 11 is 0. The van der Waals surface area contributed by atoms with Gasteiger partial charge in [0.2, 0.25) is 5.91 Å². The molecule has 2 amide bonds. The third-order valence-electron chi connectivity index (χ3n) is 6.25. The van der Waals surface area contributed by atoms with E-state index in [2.05, 4.69) is 5.32 Å². The Labute approximate surface area is 204 Å². The van der Waals surface area contributed by atoms with Crippen LogP contribution >= 0.6 is 0 Å². The average Bonchev–Trinajstić information content (AvgIpc) is 2.89. The molecule has 1 N–H and O–H groups in total. The Morgan fingerprint density at radius 3 is 2.11 bits per heavy atom. The van der Waals surface area contributed by atoms with E-state index >= 15 is 0 Å². The topological polar surface area (TPSA) is 86.3 Å². The highest BCUT2D eigenvalue weighted by Crippen LogP contribution is 2.46. The molecule has 0 bridgehead atoms.